The van der Waals surface area contributed by atoms with Gasteiger partial charge in [-0.3, -0.25) is 0 Å². The van der Waals surface area contributed by atoms with Crippen LogP contribution in [0.3, 0.4) is 0 Å². The van der Waals surface area contributed by atoms with Gasteiger partial charge in [-0.1, -0.05) is 26.2 Å². The lowest BCUT2D eigenvalue weighted by Crippen LogP contribution is -3.00. The van der Waals surface area contributed by atoms with Crippen LogP contribution in [0.2, 0.25) is 0 Å². The normalized spacial score (nSPS) is 12.3. The van der Waals surface area contributed by atoms with E-state index in [-0.39, 0.29) is 18.4 Å². The molecular weight excluding hydrogens is 324 g/mol. The van der Waals surface area contributed by atoms with Gasteiger partial charge in [0.1, 0.15) is 6.54 Å². The zero-order chi connectivity index (χ0) is 17.3. The third-order valence-electron chi connectivity index (χ3n) is 4.04. The number of hydrogen-bond donors (Lipinski definition) is 2. The van der Waals surface area contributed by atoms with Crippen molar-refractivity contribution in [2.75, 3.05) is 12.3 Å². The van der Waals surface area contributed by atoms with E-state index >= 15 is 0 Å². The Balaban J connectivity index is 0.00000529. The SMILES string of the molecule is CCCCCCC(C)[NH2+]CC(C)(C)OC(=O)c1ccc(N)cc1.[Cl-]. The van der Waals surface area contributed by atoms with E-state index in [1.807, 2.05) is 13.8 Å². The first-order valence-electron chi connectivity index (χ1n) is 8.76. The molecule has 24 heavy (non-hydrogen) atoms. The Labute approximate surface area is 152 Å². The van der Waals surface area contributed by atoms with Gasteiger partial charge in [-0.15, -0.1) is 0 Å². The van der Waals surface area contributed by atoms with Crippen LogP contribution in [0, 0.1) is 0 Å². The number of hydrogen-bond acceptors (Lipinski definition) is 3. The molecule has 138 valence electrons. The number of anilines is 1. The Hall–Kier alpha value is -1.26. The highest BCUT2D eigenvalue weighted by molar-refractivity contribution is 5.90. The Morgan fingerprint density at radius 2 is 1.83 bits per heavy atom. The van der Waals surface area contributed by atoms with Gasteiger partial charge in [0.25, 0.3) is 0 Å². The van der Waals surface area contributed by atoms with Crippen molar-refractivity contribution in [3.8, 4) is 0 Å². The first kappa shape index (κ1) is 22.7. The largest absolute Gasteiger partial charge is 1.00 e. The minimum Gasteiger partial charge on any atom is -1.00 e. The van der Waals surface area contributed by atoms with E-state index in [0.29, 0.717) is 17.3 Å². The van der Waals surface area contributed by atoms with Crippen molar-refractivity contribution in [1.29, 1.82) is 0 Å². The van der Waals surface area contributed by atoms with Crippen LogP contribution >= 0.6 is 0 Å². The number of nitrogens with two attached hydrogens (primary N) is 2. The van der Waals surface area contributed by atoms with Crippen molar-refractivity contribution in [1.82, 2.24) is 0 Å². The predicted octanol–water partition coefficient (Wildman–Crippen LogP) is 0.131. The molecule has 1 atom stereocenters. The van der Waals surface area contributed by atoms with Crippen LogP contribution in [-0.2, 0) is 4.74 Å². The van der Waals surface area contributed by atoms with E-state index in [1.54, 1.807) is 24.3 Å². The molecule has 5 heteroatoms. The van der Waals surface area contributed by atoms with Gasteiger partial charge in [0.2, 0.25) is 0 Å². The standard InChI is InChI=1S/C19H32N2O2.ClH/c1-5-6-7-8-9-15(2)21-14-19(3,4)23-18(22)16-10-12-17(20)13-11-16;/h10-13,15,21H,5-9,14,20H2,1-4H3;1H. The van der Waals surface area contributed by atoms with E-state index < -0.39 is 5.60 Å². The second kappa shape index (κ2) is 11.3. The summed E-state index contributed by atoms with van der Waals surface area (Å²) in [5, 5.41) is 2.28. The summed E-state index contributed by atoms with van der Waals surface area (Å²) in [7, 11) is 0. The van der Waals surface area contributed by atoms with Gasteiger partial charge in [0.15, 0.2) is 5.60 Å². The highest BCUT2D eigenvalue weighted by Gasteiger charge is 2.26. The van der Waals surface area contributed by atoms with Gasteiger partial charge >= 0.3 is 5.97 Å². The van der Waals surface area contributed by atoms with Crippen molar-refractivity contribution >= 4 is 11.7 Å². The number of esters is 1. The average Bonchev–Trinajstić information content (AvgIpc) is 2.50. The van der Waals surface area contributed by atoms with Crippen molar-refractivity contribution in [3.63, 3.8) is 0 Å². The maximum Gasteiger partial charge on any atom is 0.338 e. The molecule has 0 bridgehead atoms. The van der Waals surface area contributed by atoms with Gasteiger partial charge < -0.3 is 28.2 Å². The summed E-state index contributed by atoms with van der Waals surface area (Å²) in [6.07, 6.45) is 6.38. The number of rotatable bonds is 10. The van der Waals surface area contributed by atoms with E-state index in [1.165, 1.54) is 32.1 Å². The summed E-state index contributed by atoms with van der Waals surface area (Å²) in [5.41, 5.74) is 6.33. The number of nitrogen functional groups attached to an aromatic ring is 1. The molecule has 0 fully saturated rings. The summed E-state index contributed by atoms with van der Waals surface area (Å²) in [4.78, 5) is 12.2. The molecule has 0 radical (unpaired) electrons. The lowest BCUT2D eigenvalue weighted by atomic mass is 10.1. The van der Waals surface area contributed by atoms with Crippen LogP contribution in [0.4, 0.5) is 5.69 Å². The first-order valence-corrected chi connectivity index (χ1v) is 8.76. The smallest absolute Gasteiger partial charge is 0.338 e. The number of ether oxygens (including phenoxy) is 1. The number of carbonyl (C=O) groups excluding carboxylic acids is 1. The average molecular weight is 357 g/mol. The molecular formula is C19H33ClN2O2. The molecule has 0 aromatic heterocycles. The summed E-state index contributed by atoms with van der Waals surface area (Å²) < 4.78 is 5.65. The zero-order valence-corrected chi connectivity index (χ0v) is 16.2. The fraction of sp³-hybridized carbons (Fsp3) is 0.632. The van der Waals surface area contributed by atoms with Gasteiger partial charge in [0, 0.05) is 5.69 Å². The van der Waals surface area contributed by atoms with Crippen molar-refractivity contribution in [2.45, 2.75) is 71.4 Å². The summed E-state index contributed by atoms with van der Waals surface area (Å²) in [6, 6.07) is 7.39. The second-order valence-corrected chi connectivity index (χ2v) is 7.04. The lowest BCUT2D eigenvalue weighted by Gasteiger charge is -2.25. The Morgan fingerprint density at radius 3 is 2.42 bits per heavy atom. The molecule has 0 saturated heterocycles. The van der Waals surface area contributed by atoms with Crippen LogP contribution in [0.5, 0.6) is 0 Å². The molecule has 1 aromatic rings. The minimum absolute atomic E-state index is 0. The third-order valence-corrected chi connectivity index (χ3v) is 4.04. The van der Waals surface area contributed by atoms with Crippen molar-refractivity contribution in [2.24, 2.45) is 0 Å². The topological polar surface area (TPSA) is 68.9 Å². The van der Waals surface area contributed by atoms with Gasteiger partial charge in [-0.2, -0.15) is 0 Å². The van der Waals surface area contributed by atoms with Crippen molar-refractivity contribution in [3.05, 3.63) is 29.8 Å². The third kappa shape index (κ3) is 9.14. The molecule has 0 aliphatic carbocycles. The monoisotopic (exact) mass is 356 g/mol. The quantitative estimate of drug-likeness (QED) is 0.356. The first-order chi connectivity index (χ1) is 10.8. The number of quaternary nitrogens is 1. The highest BCUT2D eigenvalue weighted by atomic mass is 35.5. The summed E-state index contributed by atoms with van der Waals surface area (Å²) in [6.45, 7) is 9.16. The van der Waals surface area contributed by atoms with Gasteiger partial charge in [-0.25, -0.2) is 4.79 Å². The maximum atomic E-state index is 12.2. The molecule has 4 N–H and O–H groups in total. The Kier molecular flexibility index (Phi) is 10.7. The highest BCUT2D eigenvalue weighted by Crippen LogP contribution is 2.13. The number of halogens is 1. The molecule has 0 saturated carbocycles. The number of benzene rings is 1. The lowest BCUT2D eigenvalue weighted by molar-refractivity contribution is -0.696. The maximum absolute atomic E-state index is 12.2. The summed E-state index contributed by atoms with van der Waals surface area (Å²) in [5.74, 6) is -0.293. The molecule has 0 aliphatic rings. The Morgan fingerprint density at radius 1 is 1.21 bits per heavy atom. The van der Waals surface area contributed by atoms with Crippen molar-refractivity contribution < 1.29 is 27.3 Å². The number of unbranched alkanes of at least 4 members (excludes halogenated alkanes) is 3. The molecule has 0 amide bonds. The van der Waals surface area contributed by atoms with E-state index in [9.17, 15) is 4.79 Å². The fourth-order valence-electron chi connectivity index (χ4n) is 2.47. The van der Waals surface area contributed by atoms with Crippen LogP contribution in [-0.4, -0.2) is 24.2 Å². The van der Waals surface area contributed by atoms with E-state index in [0.717, 1.165) is 6.54 Å². The molecule has 0 spiro atoms. The second-order valence-electron chi connectivity index (χ2n) is 7.04. The van der Waals surface area contributed by atoms with Crippen LogP contribution in [0.25, 0.3) is 0 Å². The minimum atomic E-state index is -0.490. The van der Waals surface area contributed by atoms with Crippen LogP contribution in [0.1, 0.15) is 70.2 Å². The molecule has 1 aromatic carbocycles. The predicted molar refractivity (Wildman–Crippen MR) is 95.4 cm³/mol. The fourth-order valence-corrected chi connectivity index (χ4v) is 2.47. The van der Waals surface area contributed by atoms with Crippen LogP contribution < -0.4 is 23.5 Å². The van der Waals surface area contributed by atoms with E-state index in [4.69, 9.17) is 10.5 Å². The molecule has 0 aliphatic heterocycles. The molecule has 4 nitrogen and oxygen atoms in total. The number of carbonyl (C=O) groups is 1. The van der Waals surface area contributed by atoms with Crippen LogP contribution in [0.15, 0.2) is 24.3 Å². The molecule has 0 heterocycles. The van der Waals surface area contributed by atoms with Gasteiger partial charge in [-0.05, 0) is 57.9 Å². The zero-order valence-electron chi connectivity index (χ0n) is 15.5. The Bertz CT molecular complexity index is 475. The molecule has 1 unspecified atom stereocenters. The summed E-state index contributed by atoms with van der Waals surface area (Å²) >= 11 is 0. The van der Waals surface area contributed by atoms with E-state index in [2.05, 4.69) is 19.2 Å². The van der Waals surface area contributed by atoms with Gasteiger partial charge in [0.05, 0.1) is 11.6 Å². The molecule has 1 rings (SSSR count).